The van der Waals surface area contributed by atoms with Crippen molar-refractivity contribution < 1.29 is 33.8 Å². The molecule has 0 saturated carbocycles. The van der Waals surface area contributed by atoms with E-state index in [1.54, 1.807) is 13.0 Å². The Morgan fingerprint density at radius 3 is 2.18 bits per heavy atom. The predicted octanol–water partition coefficient (Wildman–Crippen LogP) is 4.55. The Labute approximate surface area is 348 Å². The van der Waals surface area contributed by atoms with Crippen molar-refractivity contribution in [1.82, 2.24) is 24.5 Å². The molecule has 1 atom stereocenters. The van der Waals surface area contributed by atoms with Gasteiger partial charge in [0.2, 0.25) is 12.7 Å². The van der Waals surface area contributed by atoms with E-state index in [0.29, 0.717) is 50.6 Å². The van der Waals surface area contributed by atoms with Gasteiger partial charge in [0.05, 0.1) is 46.3 Å². The summed E-state index contributed by atoms with van der Waals surface area (Å²) in [5.74, 6) is -3.14. The van der Waals surface area contributed by atoms with E-state index in [-0.39, 0.29) is 39.4 Å². The zero-order valence-corrected chi connectivity index (χ0v) is 33.1. The number of hydrogen-bond donors (Lipinski definition) is 2. The third kappa shape index (κ3) is 9.10. The van der Waals surface area contributed by atoms with Gasteiger partial charge in [-0.05, 0) is 37.1 Å². The largest absolute Gasteiger partial charge is 0.478 e. The molecule has 1 fully saturated rings. The Hall–Kier alpha value is -7.54. The Morgan fingerprint density at radius 2 is 1.62 bits per heavy atom. The van der Waals surface area contributed by atoms with Crippen LogP contribution in [0.25, 0.3) is 5.65 Å². The quantitative estimate of drug-likeness (QED) is 0.0887. The van der Waals surface area contributed by atoms with Crippen LogP contribution in [0.5, 0.6) is 0 Å². The van der Waals surface area contributed by atoms with Gasteiger partial charge in [0.25, 0.3) is 5.95 Å². The summed E-state index contributed by atoms with van der Waals surface area (Å²) in [5.41, 5.74) is 7.87. The summed E-state index contributed by atoms with van der Waals surface area (Å²) in [6.07, 6.45) is 1.29. The minimum Gasteiger partial charge on any atom is -0.478 e. The normalized spacial score (nSPS) is 13.4. The molecule has 3 N–H and O–H groups in total. The van der Waals surface area contributed by atoms with Crippen LogP contribution in [0.15, 0.2) is 91.1 Å². The number of benzene rings is 3. The smallest absolute Gasteiger partial charge is 0.424 e. The molecule has 19 heteroatoms. The fraction of sp³-hybridized carbons (Fsp3) is 0.244. The number of fused-ring (bicyclic) bond motifs is 1. The topological polar surface area (TPSA) is 237 Å². The van der Waals surface area contributed by atoms with Crippen molar-refractivity contribution in [1.29, 1.82) is 10.5 Å². The van der Waals surface area contributed by atoms with Crippen molar-refractivity contribution in [2.24, 2.45) is 5.73 Å². The fourth-order valence-electron chi connectivity index (χ4n) is 6.76. The van der Waals surface area contributed by atoms with Crippen LogP contribution in [0.1, 0.15) is 42.3 Å². The summed E-state index contributed by atoms with van der Waals surface area (Å²) in [6, 6.07) is 25.4. The molecule has 2 aromatic heterocycles. The lowest BCUT2D eigenvalue weighted by Gasteiger charge is -2.38. The van der Waals surface area contributed by atoms with Crippen LogP contribution in [-0.2, 0) is 23.9 Å². The molecule has 0 radical (unpaired) electrons. The van der Waals surface area contributed by atoms with Crippen molar-refractivity contribution >= 4 is 64.3 Å². The van der Waals surface area contributed by atoms with E-state index in [0.717, 1.165) is 16.0 Å². The van der Waals surface area contributed by atoms with Crippen LogP contribution >= 0.6 is 11.6 Å². The van der Waals surface area contributed by atoms with Crippen molar-refractivity contribution in [2.45, 2.75) is 25.9 Å². The van der Waals surface area contributed by atoms with Crippen LogP contribution in [0, 0.1) is 22.7 Å². The summed E-state index contributed by atoms with van der Waals surface area (Å²) in [5, 5.41) is 33.9. The molecule has 6 rings (SSSR count). The summed E-state index contributed by atoms with van der Waals surface area (Å²) in [7, 11) is 0. The van der Waals surface area contributed by atoms with Gasteiger partial charge in [-0.25, -0.2) is 24.3 Å². The number of rotatable bonds is 14. The fourth-order valence-corrected chi connectivity index (χ4v) is 7.07. The van der Waals surface area contributed by atoms with E-state index in [1.165, 1.54) is 16.8 Å². The highest BCUT2D eigenvalue weighted by molar-refractivity contribution is 6.36. The highest BCUT2D eigenvalue weighted by Crippen LogP contribution is 2.41. The van der Waals surface area contributed by atoms with Crippen molar-refractivity contribution in [3.63, 3.8) is 0 Å². The number of aromatic nitrogens is 4. The lowest BCUT2D eigenvalue weighted by molar-refractivity contribution is -0.146. The van der Waals surface area contributed by atoms with Gasteiger partial charge in [0, 0.05) is 44.9 Å². The zero-order chi connectivity index (χ0) is 42.9. The molecule has 1 saturated heterocycles. The first kappa shape index (κ1) is 42.1. The number of carboxylic acid groups (broad SMARTS) is 1. The van der Waals surface area contributed by atoms with Crippen LogP contribution in [0.3, 0.4) is 0 Å². The number of carboxylic acids is 1. The van der Waals surface area contributed by atoms with Crippen LogP contribution in [0.4, 0.5) is 27.9 Å². The number of esters is 1. The number of halogens is 1. The summed E-state index contributed by atoms with van der Waals surface area (Å²) in [4.78, 5) is 65.5. The number of hydrogen-bond acceptors (Lipinski definition) is 14. The summed E-state index contributed by atoms with van der Waals surface area (Å²) >= 11 is 7.18. The first-order chi connectivity index (χ1) is 28.9. The lowest BCUT2D eigenvalue weighted by Crippen LogP contribution is -2.53. The Balaban J connectivity index is 1.52. The number of piperazine rings is 1. The third-order valence-electron chi connectivity index (χ3n) is 9.75. The number of primary amides is 1. The molecule has 0 spiro atoms. The zero-order valence-electron chi connectivity index (χ0n) is 32.4. The van der Waals surface area contributed by atoms with Gasteiger partial charge < -0.3 is 30.1 Å². The third-order valence-corrected chi connectivity index (χ3v) is 10.1. The number of nitrogens with zero attached hydrogens (tertiary/aromatic N) is 10. The number of carbonyl (C=O) groups is 4. The van der Waals surface area contributed by atoms with Crippen LogP contribution in [0.2, 0.25) is 5.02 Å². The molecule has 1 aliphatic heterocycles. The standard InChI is InChI=1S/C41H38ClN11O7/c1-3-51(36(28-10-6-4-7-11-28)29-12-8-5-9-13-29)39-38-46-24-30(23-44)53(38)48-40(47-39)52(41(58)60-25-59-34(56)15-14-33(54)55)32-21-27(22-43)20-31(35(32)42)50-18-16-49(17-19-50)26(2)37(45)57/h4-15,20-21,24,26,36H,3,16-19,25H2,1-2H3,(H2,45,57)(H,54,55)/b15-14+. The molecule has 60 heavy (non-hydrogen) atoms. The second-order valence-electron chi connectivity index (χ2n) is 13.3. The van der Waals surface area contributed by atoms with E-state index >= 15 is 0 Å². The van der Waals surface area contributed by atoms with Gasteiger partial charge in [0.1, 0.15) is 6.07 Å². The lowest BCUT2D eigenvalue weighted by atomic mass is 9.97. The molecular weight excluding hydrogens is 794 g/mol. The maximum atomic E-state index is 14.4. The maximum Gasteiger partial charge on any atom is 0.424 e. The van der Waals surface area contributed by atoms with E-state index in [9.17, 15) is 29.7 Å². The number of ether oxygens (including phenoxy) is 2. The molecule has 1 aliphatic rings. The van der Waals surface area contributed by atoms with Crippen LogP contribution < -0.4 is 20.4 Å². The van der Waals surface area contributed by atoms with E-state index in [1.807, 2.05) is 82.3 Å². The molecule has 2 amide bonds. The summed E-state index contributed by atoms with van der Waals surface area (Å²) in [6.45, 7) is 4.59. The van der Waals surface area contributed by atoms with Crippen molar-refractivity contribution in [3.8, 4) is 12.1 Å². The minimum atomic E-state index is -1.40. The molecule has 3 heterocycles. The molecule has 306 valence electrons. The Bertz CT molecular complexity index is 2470. The van der Waals surface area contributed by atoms with Gasteiger partial charge in [0.15, 0.2) is 17.2 Å². The molecule has 0 bridgehead atoms. The molecule has 1 unspecified atom stereocenters. The average molecular weight is 832 g/mol. The van der Waals surface area contributed by atoms with Gasteiger partial charge >= 0.3 is 18.0 Å². The SMILES string of the molecule is CCN(c1nc(N(C(=O)OCOC(=O)/C=C/C(=O)O)c2cc(C#N)cc(N3CCN(C(C)C(N)=O)CC3)c2Cl)nn2c(C#N)cnc12)C(c1ccccc1)c1ccccc1. The predicted molar refractivity (Wildman–Crippen MR) is 218 cm³/mol. The maximum absolute atomic E-state index is 14.4. The number of anilines is 4. The van der Waals surface area contributed by atoms with Crippen LogP contribution in [-0.4, -0.2) is 99.1 Å². The van der Waals surface area contributed by atoms with Gasteiger partial charge in [-0.3, -0.25) is 9.69 Å². The van der Waals surface area contributed by atoms with Crippen molar-refractivity contribution in [3.05, 3.63) is 119 Å². The van der Waals surface area contributed by atoms with Gasteiger partial charge in [-0.15, -0.1) is 5.10 Å². The molecular formula is C41H38ClN11O7. The summed E-state index contributed by atoms with van der Waals surface area (Å²) < 4.78 is 11.6. The van der Waals surface area contributed by atoms with E-state index in [2.05, 4.69) is 22.2 Å². The molecule has 3 aromatic carbocycles. The Morgan fingerprint density at radius 1 is 0.967 bits per heavy atom. The number of carbonyl (C=O) groups excluding carboxylic acids is 3. The number of nitrogens with two attached hydrogens (primary N) is 1. The minimum absolute atomic E-state index is 0.00462. The van der Waals surface area contributed by atoms with E-state index in [4.69, 9.17) is 36.9 Å². The average Bonchev–Trinajstić information content (AvgIpc) is 3.69. The number of nitriles is 2. The number of aliphatic carboxylic acids is 1. The number of imidazole rings is 1. The first-order valence-electron chi connectivity index (χ1n) is 18.5. The van der Waals surface area contributed by atoms with Crippen molar-refractivity contribution in [2.75, 3.05) is 54.2 Å². The second-order valence-corrected chi connectivity index (χ2v) is 13.7. The monoisotopic (exact) mass is 831 g/mol. The molecule has 18 nitrogen and oxygen atoms in total. The highest BCUT2D eigenvalue weighted by Gasteiger charge is 2.34. The highest BCUT2D eigenvalue weighted by atomic mass is 35.5. The Kier molecular flexibility index (Phi) is 13.2. The first-order valence-corrected chi connectivity index (χ1v) is 18.9. The van der Waals surface area contributed by atoms with Gasteiger partial charge in [-0.1, -0.05) is 72.3 Å². The number of amides is 2. The van der Waals surface area contributed by atoms with Gasteiger partial charge in [-0.2, -0.15) is 20.0 Å². The molecule has 0 aliphatic carbocycles. The van der Waals surface area contributed by atoms with E-state index < -0.39 is 42.8 Å². The molecule has 5 aromatic rings. The second kappa shape index (κ2) is 18.8.